The fourth-order valence-electron chi connectivity index (χ4n) is 2.12. The van der Waals surface area contributed by atoms with Gasteiger partial charge in [-0.05, 0) is 36.6 Å². The van der Waals surface area contributed by atoms with Gasteiger partial charge in [0, 0.05) is 6.54 Å². The predicted octanol–water partition coefficient (Wildman–Crippen LogP) is 0.978. The fraction of sp³-hybridized carbons (Fsp3) is 0.364. The first-order chi connectivity index (χ1) is 7.51. The molecule has 5 heteroatoms. The smallest absolute Gasteiger partial charge is 0.406 e. The van der Waals surface area contributed by atoms with Crippen molar-refractivity contribution in [3.05, 3.63) is 29.3 Å². The molecule has 0 aliphatic carbocycles. The predicted molar refractivity (Wildman–Crippen MR) is 58.3 cm³/mol. The lowest BCUT2D eigenvalue weighted by molar-refractivity contribution is 0.169. The molecule has 16 heavy (non-hydrogen) atoms. The van der Waals surface area contributed by atoms with Gasteiger partial charge in [-0.25, -0.2) is 4.79 Å². The summed E-state index contributed by atoms with van der Waals surface area (Å²) < 4.78 is 0. The number of aromatic hydroxyl groups is 1. The molecule has 4 N–H and O–H groups in total. The van der Waals surface area contributed by atoms with Crippen molar-refractivity contribution in [3.63, 3.8) is 0 Å². The third-order valence-electron chi connectivity index (χ3n) is 2.86. The van der Waals surface area contributed by atoms with Crippen LogP contribution in [0, 0.1) is 0 Å². The number of amides is 1. The van der Waals surface area contributed by atoms with E-state index in [2.05, 4.69) is 10.6 Å². The Morgan fingerprint density at radius 2 is 2.31 bits per heavy atom. The van der Waals surface area contributed by atoms with Gasteiger partial charge in [-0.2, -0.15) is 0 Å². The van der Waals surface area contributed by atoms with E-state index < -0.39 is 11.8 Å². The summed E-state index contributed by atoms with van der Waals surface area (Å²) in [6, 6.07) is 5.04. The van der Waals surface area contributed by atoms with Crippen molar-refractivity contribution in [2.45, 2.75) is 19.0 Å². The quantitative estimate of drug-likeness (QED) is 0.571. The molecule has 1 heterocycles. The molecule has 1 unspecified atom stereocenters. The van der Waals surface area contributed by atoms with Crippen LogP contribution in [-0.2, 0) is 12.1 Å². The van der Waals surface area contributed by atoms with E-state index in [9.17, 15) is 9.90 Å². The van der Waals surface area contributed by atoms with Crippen molar-refractivity contribution < 1.29 is 15.0 Å². The molecular formula is C11H14N2O3. The minimum absolute atomic E-state index is 0.140. The van der Waals surface area contributed by atoms with Crippen LogP contribution in [0.3, 0.4) is 0 Å². The fourth-order valence-corrected chi connectivity index (χ4v) is 2.12. The van der Waals surface area contributed by atoms with E-state index in [0.717, 1.165) is 17.5 Å². The van der Waals surface area contributed by atoms with Gasteiger partial charge < -0.3 is 10.2 Å². The van der Waals surface area contributed by atoms with Crippen LogP contribution in [0.4, 0.5) is 4.79 Å². The van der Waals surface area contributed by atoms with Crippen LogP contribution >= 0.6 is 0 Å². The van der Waals surface area contributed by atoms with Crippen LogP contribution < -0.4 is 10.6 Å². The molecule has 1 atom stereocenters. The molecule has 1 aromatic rings. The van der Waals surface area contributed by atoms with Crippen molar-refractivity contribution >= 4 is 6.09 Å². The molecule has 0 saturated carbocycles. The van der Waals surface area contributed by atoms with Crippen molar-refractivity contribution in [3.8, 4) is 5.75 Å². The Kier molecular flexibility index (Phi) is 2.47. The van der Waals surface area contributed by atoms with Gasteiger partial charge in [0.25, 0.3) is 0 Å². The maximum Gasteiger partial charge on any atom is 0.406 e. The molecule has 2 rings (SSSR count). The van der Waals surface area contributed by atoms with Crippen molar-refractivity contribution in [2.75, 3.05) is 6.54 Å². The van der Waals surface area contributed by atoms with Crippen LogP contribution in [0.2, 0.25) is 0 Å². The van der Waals surface area contributed by atoms with Gasteiger partial charge >= 0.3 is 6.09 Å². The Balaban J connectivity index is 2.45. The number of hydrogen-bond donors (Lipinski definition) is 4. The minimum atomic E-state index is -1.09. The molecule has 86 valence electrons. The highest BCUT2D eigenvalue weighted by molar-refractivity contribution is 5.66. The van der Waals surface area contributed by atoms with Crippen LogP contribution in [0.15, 0.2) is 18.2 Å². The highest BCUT2D eigenvalue weighted by Crippen LogP contribution is 2.29. The van der Waals surface area contributed by atoms with Crippen LogP contribution in [0.1, 0.15) is 18.1 Å². The molecule has 0 fully saturated rings. The Morgan fingerprint density at radius 1 is 1.56 bits per heavy atom. The van der Waals surface area contributed by atoms with E-state index in [4.69, 9.17) is 5.11 Å². The third-order valence-corrected chi connectivity index (χ3v) is 2.86. The average Bonchev–Trinajstić information content (AvgIpc) is 2.18. The summed E-state index contributed by atoms with van der Waals surface area (Å²) in [4.78, 5) is 10.8. The van der Waals surface area contributed by atoms with Crippen molar-refractivity contribution in [1.82, 2.24) is 10.6 Å². The Labute approximate surface area is 93.1 Å². The Morgan fingerprint density at radius 3 is 3.00 bits per heavy atom. The molecular weight excluding hydrogens is 208 g/mol. The zero-order chi connectivity index (χ0) is 11.8. The number of benzene rings is 1. The van der Waals surface area contributed by atoms with E-state index >= 15 is 0 Å². The molecule has 5 nitrogen and oxygen atoms in total. The monoisotopic (exact) mass is 222 g/mol. The molecule has 0 spiro atoms. The standard InChI is InChI=1S/C11H14N2O3/c1-11(13-10(15)16)9-6-8(14)3-2-7(9)4-5-12-11/h2-3,6,12-14H,4-5H2,1H3,(H,15,16). The maximum absolute atomic E-state index is 10.8. The number of nitrogens with one attached hydrogen (secondary N) is 2. The summed E-state index contributed by atoms with van der Waals surface area (Å²) >= 11 is 0. The maximum atomic E-state index is 10.8. The van der Waals surface area contributed by atoms with E-state index in [0.29, 0.717) is 6.54 Å². The van der Waals surface area contributed by atoms with Gasteiger partial charge in [0.1, 0.15) is 11.4 Å². The Bertz CT molecular complexity index is 433. The first-order valence-electron chi connectivity index (χ1n) is 5.10. The third kappa shape index (κ3) is 1.81. The summed E-state index contributed by atoms with van der Waals surface area (Å²) in [7, 11) is 0. The number of carbonyl (C=O) groups is 1. The van der Waals surface area contributed by atoms with E-state index in [1.54, 1.807) is 19.1 Å². The highest BCUT2D eigenvalue weighted by Gasteiger charge is 2.33. The van der Waals surface area contributed by atoms with Crippen molar-refractivity contribution in [1.29, 1.82) is 0 Å². The molecule has 1 aliphatic heterocycles. The number of hydrogen-bond acceptors (Lipinski definition) is 3. The van der Waals surface area contributed by atoms with Gasteiger partial charge in [0.15, 0.2) is 0 Å². The molecule has 0 aromatic heterocycles. The molecule has 0 bridgehead atoms. The molecule has 0 radical (unpaired) electrons. The summed E-state index contributed by atoms with van der Waals surface area (Å²) in [5, 5.41) is 23.8. The molecule has 0 saturated heterocycles. The van der Waals surface area contributed by atoms with Gasteiger partial charge in [-0.15, -0.1) is 0 Å². The van der Waals surface area contributed by atoms with Gasteiger partial charge in [-0.1, -0.05) is 6.07 Å². The van der Waals surface area contributed by atoms with E-state index in [1.165, 1.54) is 0 Å². The molecule has 1 aliphatic rings. The van der Waals surface area contributed by atoms with Crippen LogP contribution in [-0.4, -0.2) is 22.9 Å². The lowest BCUT2D eigenvalue weighted by Gasteiger charge is -2.36. The van der Waals surface area contributed by atoms with E-state index in [-0.39, 0.29) is 5.75 Å². The number of rotatable bonds is 1. The summed E-state index contributed by atoms with van der Waals surface area (Å²) in [5.41, 5.74) is 0.993. The summed E-state index contributed by atoms with van der Waals surface area (Å²) in [5.74, 6) is 0.140. The second kappa shape index (κ2) is 3.68. The normalized spacial score (nSPS) is 23.6. The first-order valence-corrected chi connectivity index (χ1v) is 5.10. The second-order valence-electron chi connectivity index (χ2n) is 4.07. The topological polar surface area (TPSA) is 81.6 Å². The van der Waals surface area contributed by atoms with Gasteiger partial charge in [0.2, 0.25) is 0 Å². The van der Waals surface area contributed by atoms with Crippen LogP contribution in [0.25, 0.3) is 0 Å². The van der Waals surface area contributed by atoms with E-state index in [1.807, 2.05) is 6.07 Å². The lowest BCUT2D eigenvalue weighted by atomic mass is 9.90. The van der Waals surface area contributed by atoms with Crippen molar-refractivity contribution in [2.24, 2.45) is 0 Å². The minimum Gasteiger partial charge on any atom is -0.508 e. The Hall–Kier alpha value is -1.75. The number of phenols is 1. The highest BCUT2D eigenvalue weighted by atomic mass is 16.4. The average molecular weight is 222 g/mol. The molecule has 1 amide bonds. The number of fused-ring (bicyclic) bond motifs is 1. The lowest BCUT2D eigenvalue weighted by Crippen LogP contribution is -2.56. The first kappa shape index (κ1) is 10.8. The summed E-state index contributed by atoms with van der Waals surface area (Å²) in [6.45, 7) is 2.45. The summed E-state index contributed by atoms with van der Waals surface area (Å²) in [6.07, 6.45) is -0.266. The number of carboxylic acid groups (broad SMARTS) is 1. The van der Waals surface area contributed by atoms with Gasteiger partial charge in [0.05, 0.1) is 0 Å². The molecule has 1 aromatic carbocycles. The second-order valence-corrected chi connectivity index (χ2v) is 4.07. The van der Waals surface area contributed by atoms with Gasteiger partial charge in [-0.3, -0.25) is 10.6 Å². The zero-order valence-corrected chi connectivity index (χ0v) is 8.95. The number of phenolic OH excluding ortho intramolecular Hbond substituents is 1. The zero-order valence-electron chi connectivity index (χ0n) is 8.95. The SMILES string of the molecule is CC1(NC(=O)O)NCCc2ccc(O)cc21. The largest absolute Gasteiger partial charge is 0.508 e. The van der Waals surface area contributed by atoms with Crippen LogP contribution in [0.5, 0.6) is 5.75 Å².